The number of anilines is 1. The Morgan fingerprint density at radius 1 is 1.56 bits per heavy atom. The molecule has 1 fully saturated rings. The number of sulfonamides is 1. The fourth-order valence-corrected chi connectivity index (χ4v) is 1.85. The molecule has 1 aliphatic rings. The van der Waals surface area contributed by atoms with Gasteiger partial charge < -0.3 is 14.9 Å². The molecule has 0 unspecified atom stereocenters. The number of pyridine rings is 1. The third-order valence-corrected chi connectivity index (χ3v) is 2.73. The second kappa shape index (κ2) is 4.41. The summed E-state index contributed by atoms with van der Waals surface area (Å²) in [6.07, 6.45) is 4.06. The number of nitro groups is 1. The van der Waals surface area contributed by atoms with Gasteiger partial charge >= 0.3 is 5.82 Å². The number of hydrogen-bond donors (Lipinski definition) is 1. The molecule has 1 saturated carbocycles. The number of nitrogens with one attached hydrogen (secondary N) is 1. The van der Waals surface area contributed by atoms with Crippen molar-refractivity contribution < 1.29 is 18.1 Å². The summed E-state index contributed by atoms with van der Waals surface area (Å²) in [5, 5.41) is 10.7. The minimum atomic E-state index is -3.61. The zero-order valence-electron chi connectivity index (χ0n) is 9.49. The van der Waals surface area contributed by atoms with Crippen molar-refractivity contribution in [2.45, 2.75) is 18.9 Å². The molecule has 1 aromatic heterocycles. The summed E-state index contributed by atoms with van der Waals surface area (Å²) < 4.78 is 29.7. The molecule has 0 amide bonds. The topological polar surface area (TPSA) is 111 Å². The first-order chi connectivity index (χ1) is 8.35. The number of nitrogens with zero attached hydrogens (tertiary/aromatic N) is 2. The molecule has 0 saturated heterocycles. The molecular formula is C9H11N3O5S. The summed E-state index contributed by atoms with van der Waals surface area (Å²) in [5.41, 5.74) is -0.194. The van der Waals surface area contributed by atoms with E-state index in [9.17, 15) is 18.5 Å². The van der Waals surface area contributed by atoms with Crippen LogP contribution in [0.2, 0.25) is 0 Å². The van der Waals surface area contributed by atoms with Crippen molar-refractivity contribution in [1.29, 1.82) is 0 Å². The van der Waals surface area contributed by atoms with Gasteiger partial charge in [0.15, 0.2) is 17.6 Å². The Kier molecular flexibility index (Phi) is 3.07. The van der Waals surface area contributed by atoms with E-state index in [4.69, 9.17) is 4.74 Å². The highest BCUT2D eigenvalue weighted by Gasteiger charge is 2.26. The molecule has 0 radical (unpaired) electrons. The van der Waals surface area contributed by atoms with Gasteiger partial charge in [0, 0.05) is 6.07 Å². The van der Waals surface area contributed by atoms with Crippen molar-refractivity contribution in [1.82, 2.24) is 4.98 Å². The van der Waals surface area contributed by atoms with Crippen LogP contribution in [0.4, 0.5) is 11.5 Å². The molecule has 1 N–H and O–H groups in total. The van der Waals surface area contributed by atoms with Crippen LogP contribution in [0, 0.1) is 10.1 Å². The molecule has 0 atom stereocenters. The fourth-order valence-electron chi connectivity index (χ4n) is 1.30. The van der Waals surface area contributed by atoms with Gasteiger partial charge in [0.1, 0.15) is 0 Å². The van der Waals surface area contributed by atoms with Crippen molar-refractivity contribution >= 4 is 21.5 Å². The van der Waals surface area contributed by atoms with E-state index < -0.39 is 20.8 Å². The number of ether oxygens (including phenoxy) is 1. The maximum absolute atomic E-state index is 11.1. The van der Waals surface area contributed by atoms with E-state index in [1.165, 1.54) is 12.3 Å². The molecule has 1 aliphatic carbocycles. The maximum atomic E-state index is 11.1. The molecule has 0 bridgehead atoms. The van der Waals surface area contributed by atoms with Gasteiger partial charge in [-0.3, -0.25) is 4.72 Å². The molecule has 1 heterocycles. The maximum Gasteiger partial charge on any atom is 0.388 e. The van der Waals surface area contributed by atoms with Gasteiger partial charge in [-0.05, 0) is 22.7 Å². The SMILES string of the molecule is CS(=O)(=O)Nc1cc(OC2CC2)cnc1[N+](=O)[O-]. The third kappa shape index (κ3) is 3.29. The van der Waals surface area contributed by atoms with E-state index in [0.29, 0.717) is 5.75 Å². The Morgan fingerprint density at radius 3 is 2.72 bits per heavy atom. The molecule has 1 aromatic rings. The van der Waals surface area contributed by atoms with Crippen molar-refractivity contribution in [3.63, 3.8) is 0 Å². The Morgan fingerprint density at radius 2 is 2.22 bits per heavy atom. The first-order valence-corrected chi connectivity index (χ1v) is 7.03. The average Bonchev–Trinajstić information content (AvgIpc) is 2.98. The predicted octanol–water partition coefficient (Wildman–Crippen LogP) is 0.902. The predicted molar refractivity (Wildman–Crippen MR) is 63.0 cm³/mol. The minimum Gasteiger partial charge on any atom is -0.486 e. The smallest absolute Gasteiger partial charge is 0.388 e. The lowest BCUT2D eigenvalue weighted by molar-refractivity contribution is -0.388. The second-order valence-electron chi connectivity index (χ2n) is 3.99. The van der Waals surface area contributed by atoms with Gasteiger partial charge in [-0.2, -0.15) is 0 Å². The van der Waals surface area contributed by atoms with E-state index in [0.717, 1.165) is 19.1 Å². The van der Waals surface area contributed by atoms with Crippen molar-refractivity contribution in [3.8, 4) is 5.75 Å². The normalized spacial score (nSPS) is 15.2. The molecule has 0 spiro atoms. The molecule has 98 valence electrons. The molecule has 18 heavy (non-hydrogen) atoms. The first kappa shape index (κ1) is 12.6. The monoisotopic (exact) mass is 273 g/mol. The van der Waals surface area contributed by atoms with Crippen LogP contribution in [0.15, 0.2) is 12.3 Å². The van der Waals surface area contributed by atoms with Gasteiger partial charge in [-0.1, -0.05) is 0 Å². The van der Waals surface area contributed by atoms with Gasteiger partial charge in [-0.25, -0.2) is 8.42 Å². The first-order valence-electron chi connectivity index (χ1n) is 5.14. The largest absolute Gasteiger partial charge is 0.486 e. The fraction of sp³-hybridized carbons (Fsp3) is 0.444. The second-order valence-corrected chi connectivity index (χ2v) is 5.74. The van der Waals surface area contributed by atoms with Crippen molar-refractivity contribution in [2.75, 3.05) is 11.0 Å². The quantitative estimate of drug-likeness (QED) is 0.630. The van der Waals surface area contributed by atoms with Gasteiger partial charge in [-0.15, -0.1) is 0 Å². The summed E-state index contributed by atoms with van der Waals surface area (Å²) in [4.78, 5) is 13.6. The van der Waals surface area contributed by atoms with E-state index in [2.05, 4.69) is 9.71 Å². The summed E-state index contributed by atoms with van der Waals surface area (Å²) in [7, 11) is -3.61. The lowest BCUT2D eigenvalue weighted by atomic mass is 10.4. The van der Waals surface area contributed by atoms with E-state index in [1.807, 2.05) is 0 Å². The van der Waals surface area contributed by atoms with Crippen LogP contribution in [-0.2, 0) is 10.0 Å². The molecule has 8 nitrogen and oxygen atoms in total. The zero-order valence-corrected chi connectivity index (χ0v) is 10.3. The van der Waals surface area contributed by atoms with Crippen LogP contribution < -0.4 is 9.46 Å². The summed E-state index contributed by atoms with van der Waals surface area (Å²) in [6, 6.07) is 1.27. The summed E-state index contributed by atoms with van der Waals surface area (Å²) >= 11 is 0. The highest BCUT2D eigenvalue weighted by Crippen LogP contribution is 2.31. The summed E-state index contributed by atoms with van der Waals surface area (Å²) in [5.74, 6) is -0.238. The highest BCUT2D eigenvalue weighted by atomic mass is 32.2. The van der Waals surface area contributed by atoms with Crippen LogP contribution in [0.3, 0.4) is 0 Å². The van der Waals surface area contributed by atoms with Gasteiger partial charge in [0.25, 0.3) is 0 Å². The highest BCUT2D eigenvalue weighted by molar-refractivity contribution is 7.92. The van der Waals surface area contributed by atoms with Crippen LogP contribution in [-0.4, -0.2) is 30.7 Å². The minimum absolute atomic E-state index is 0.0966. The van der Waals surface area contributed by atoms with Crippen molar-refractivity contribution in [2.24, 2.45) is 0 Å². The molecule has 0 aliphatic heterocycles. The Hall–Kier alpha value is -1.90. The zero-order chi connectivity index (χ0) is 13.3. The molecule has 0 aromatic carbocycles. The number of hydrogen-bond acceptors (Lipinski definition) is 6. The van der Waals surface area contributed by atoms with Crippen LogP contribution >= 0.6 is 0 Å². The average molecular weight is 273 g/mol. The molecule has 2 rings (SSSR count). The lowest BCUT2D eigenvalue weighted by Gasteiger charge is -2.07. The molecular weight excluding hydrogens is 262 g/mol. The van der Waals surface area contributed by atoms with Gasteiger partial charge in [0.05, 0.1) is 12.4 Å². The number of rotatable bonds is 5. The lowest BCUT2D eigenvalue weighted by Crippen LogP contribution is -2.12. The van der Waals surface area contributed by atoms with Gasteiger partial charge in [0.2, 0.25) is 10.0 Å². The van der Waals surface area contributed by atoms with E-state index in [-0.39, 0.29) is 11.8 Å². The molecule has 9 heteroatoms. The number of aromatic nitrogens is 1. The van der Waals surface area contributed by atoms with Crippen LogP contribution in [0.1, 0.15) is 12.8 Å². The third-order valence-electron chi connectivity index (χ3n) is 2.14. The van der Waals surface area contributed by atoms with Crippen LogP contribution in [0.25, 0.3) is 0 Å². The van der Waals surface area contributed by atoms with Crippen LogP contribution in [0.5, 0.6) is 5.75 Å². The summed E-state index contributed by atoms with van der Waals surface area (Å²) in [6.45, 7) is 0. The Balaban J connectivity index is 2.33. The van der Waals surface area contributed by atoms with E-state index >= 15 is 0 Å². The Bertz CT molecular complexity index is 582. The Labute approximate surface area is 103 Å². The van der Waals surface area contributed by atoms with Crippen molar-refractivity contribution in [3.05, 3.63) is 22.4 Å². The standard InChI is InChI=1S/C9H11N3O5S/c1-18(15,16)11-8-4-7(17-6-2-3-6)5-10-9(8)12(13)14/h4-6,11H,2-3H2,1H3. The van der Waals surface area contributed by atoms with E-state index in [1.54, 1.807) is 0 Å².